The molecule has 0 amide bonds. The predicted molar refractivity (Wildman–Crippen MR) is 315 cm³/mol. The Morgan fingerprint density at radius 2 is 0.851 bits per heavy atom. The molecule has 0 atom stereocenters. The third-order valence-corrected chi connectivity index (χ3v) is 18.3. The molecule has 10 aromatic rings. The quantitative estimate of drug-likeness (QED) is 0.144. The highest BCUT2D eigenvalue weighted by Crippen LogP contribution is 2.61. The number of rotatable bonds is 7. The summed E-state index contributed by atoms with van der Waals surface area (Å²) in [6, 6.07) is 81.5. The Labute approximate surface area is 439 Å². The van der Waals surface area contributed by atoms with E-state index >= 15 is 0 Å². The second-order valence-electron chi connectivity index (χ2n) is 24.5. The monoisotopic (exact) mass is 958 g/mol. The van der Waals surface area contributed by atoms with Crippen LogP contribution in [-0.2, 0) is 27.1 Å². The maximum Gasteiger partial charge on any atom is 0.0714 e. The molecule has 3 aliphatic carbocycles. The lowest BCUT2D eigenvalue weighted by Crippen LogP contribution is -2.34. The second kappa shape index (κ2) is 16.8. The Hall–Kier alpha value is -7.48. The first kappa shape index (κ1) is 46.3. The average Bonchev–Trinajstić information content (AvgIpc) is 3.72. The van der Waals surface area contributed by atoms with E-state index in [1.54, 1.807) is 0 Å². The summed E-state index contributed by atoms with van der Waals surface area (Å²) >= 11 is 0. The Kier molecular flexibility index (Phi) is 10.5. The molecule has 0 N–H and O–H groups in total. The minimum Gasteiger partial charge on any atom is -0.310 e. The number of fused-ring (bicyclic) bond motifs is 8. The Morgan fingerprint density at radius 1 is 0.311 bits per heavy atom. The molecule has 0 aromatic heterocycles. The number of hydrogen-bond acceptors (Lipinski definition) is 1. The minimum absolute atomic E-state index is 0.0137. The van der Waals surface area contributed by atoms with Crippen molar-refractivity contribution in [2.45, 2.75) is 108 Å². The van der Waals surface area contributed by atoms with Crippen molar-refractivity contribution in [1.29, 1.82) is 0 Å². The van der Waals surface area contributed by atoms with Crippen LogP contribution in [0.15, 0.2) is 212 Å². The summed E-state index contributed by atoms with van der Waals surface area (Å²) in [5.41, 5.74) is 21.7. The van der Waals surface area contributed by atoms with Crippen molar-refractivity contribution in [2.24, 2.45) is 0 Å². The smallest absolute Gasteiger partial charge is 0.0714 e. The number of anilines is 3. The lowest BCUT2D eigenvalue weighted by Gasteiger charge is -2.44. The zero-order valence-corrected chi connectivity index (χ0v) is 44.5. The van der Waals surface area contributed by atoms with Gasteiger partial charge in [0.15, 0.2) is 0 Å². The van der Waals surface area contributed by atoms with Crippen molar-refractivity contribution in [2.75, 3.05) is 4.90 Å². The van der Waals surface area contributed by atoms with E-state index in [2.05, 4.69) is 273 Å². The van der Waals surface area contributed by atoms with Crippen LogP contribution in [0.4, 0.5) is 17.1 Å². The molecule has 0 aliphatic heterocycles. The Morgan fingerprint density at radius 3 is 1.55 bits per heavy atom. The summed E-state index contributed by atoms with van der Waals surface area (Å²) < 4.78 is 0. The fourth-order valence-corrected chi connectivity index (χ4v) is 14.1. The molecule has 0 saturated carbocycles. The van der Waals surface area contributed by atoms with Crippen molar-refractivity contribution >= 4 is 38.6 Å². The number of hydrogen-bond donors (Lipinski definition) is 0. The molecule has 10 aromatic carbocycles. The van der Waals surface area contributed by atoms with Crippen LogP contribution in [0.1, 0.15) is 126 Å². The molecule has 0 spiro atoms. The van der Waals surface area contributed by atoms with Gasteiger partial charge in [-0.15, -0.1) is 0 Å². The molecule has 0 fully saturated rings. The Bertz CT molecular complexity index is 3790. The van der Waals surface area contributed by atoms with Crippen molar-refractivity contribution in [3.8, 4) is 33.4 Å². The van der Waals surface area contributed by atoms with Gasteiger partial charge in [0.25, 0.3) is 0 Å². The van der Waals surface area contributed by atoms with E-state index in [0.717, 1.165) is 24.9 Å². The minimum atomic E-state index is -0.576. The van der Waals surface area contributed by atoms with Crippen molar-refractivity contribution < 1.29 is 0 Å². The SMILES string of the molecule is CC1(C)CCC(C)(C)c2cc(N(c3ccc(-c4cc5ccccc5c5ccccc45)cc3)c3cc4c(cc3-c3cccc5c3C(C)(C)CCC5(C)C)-c3ccccc3C4(c3ccccc3)c3ccccc3)ccc21. The lowest BCUT2D eigenvalue weighted by molar-refractivity contribution is 0.332. The van der Waals surface area contributed by atoms with Crippen LogP contribution in [0.3, 0.4) is 0 Å². The summed E-state index contributed by atoms with van der Waals surface area (Å²) in [4.78, 5) is 2.64. The van der Waals surface area contributed by atoms with Crippen LogP contribution < -0.4 is 4.90 Å². The lowest BCUT2D eigenvalue weighted by atomic mass is 9.61. The first-order chi connectivity index (χ1) is 35.7. The maximum absolute atomic E-state index is 2.64. The fourth-order valence-electron chi connectivity index (χ4n) is 14.1. The third kappa shape index (κ3) is 7.02. The van der Waals surface area contributed by atoms with Gasteiger partial charge in [-0.25, -0.2) is 0 Å². The van der Waals surface area contributed by atoms with Gasteiger partial charge in [0.2, 0.25) is 0 Å². The normalized spacial score (nSPS) is 17.2. The van der Waals surface area contributed by atoms with Crippen molar-refractivity contribution in [3.05, 3.63) is 257 Å². The molecule has 0 saturated heterocycles. The van der Waals surface area contributed by atoms with Gasteiger partial charge in [-0.1, -0.05) is 225 Å². The summed E-state index contributed by atoms with van der Waals surface area (Å²) in [5, 5.41) is 5.10. The van der Waals surface area contributed by atoms with E-state index in [0.29, 0.717) is 0 Å². The van der Waals surface area contributed by atoms with Gasteiger partial charge in [-0.05, 0) is 184 Å². The van der Waals surface area contributed by atoms with Gasteiger partial charge < -0.3 is 4.90 Å². The second-order valence-corrected chi connectivity index (χ2v) is 24.5. The summed E-state index contributed by atoms with van der Waals surface area (Å²) in [6.07, 6.45) is 4.60. The number of nitrogens with zero attached hydrogens (tertiary/aromatic N) is 1. The van der Waals surface area contributed by atoms with Gasteiger partial charge in [-0.2, -0.15) is 0 Å². The van der Waals surface area contributed by atoms with Crippen molar-refractivity contribution in [1.82, 2.24) is 0 Å². The number of benzene rings is 10. The van der Waals surface area contributed by atoms with E-state index in [4.69, 9.17) is 0 Å². The highest BCUT2D eigenvalue weighted by molar-refractivity contribution is 6.14. The maximum atomic E-state index is 2.64. The summed E-state index contributed by atoms with van der Waals surface area (Å²) in [6.45, 7) is 19.7. The third-order valence-electron chi connectivity index (χ3n) is 18.3. The molecule has 1 nitrogen and oxygen atoms in total. The van der Waals surface area contributed by atoms with E-state index < -0.39 is 5.41 Å². The average molecular weight is 958 g/mol. The predicted octanol–water partition coefficient (Wildman–Crippen LogP) is 19.9. The molecular formula is C73H67N. The van der Waals surface area contributed by atoms with E-state index in [-0.39, 0.29) is 21.7 Å². The largest absolute Gasteiger partial charge is 0.310 e. The first-order valence-corrected chi connectivity index (χ1v) is 27.2. The van der Waals surface area contributed by atoms with Crippen LogP contribution in [0.5, 0.6) is 0 Å². The topological polar surface area (TPSA) is 3.24 Å². The Balaban J connectivity index is 1.15. The van der Waals surface area contributed by atoms with Gasteiger partial charge in [0, 0.05) is 16.9 Å². The standard InChI is InChI=1S/C73H67N/c1-69(2)40-41-71(5,6)66-45-53(38-39-63(66)69)74(52-36-34-48(35-37-52)59-44-49-22-15-16-27-54(49)55-28-17-18-29-56(55)59)67-47-65-60(46-61(67)58-31-21-33-64-68(58)72(7,8)43-42-70(64,3)4)57-30-19-20-32-62(57)73(65,50-23-11-9-12-24-50)51-25-13-10-14-26-51/h9-39,44-47H,40-43H2,1-8H3. The molecule has 0 radical (unpaired) electrons. The molecule has 1 heteroatoms. The zero-order valence-electron chi connectivity index (χ0n) is 44.5. The summed E-state index contributed by atoms with van der Waals surface area (Å²) in [5.74, 6) is 0. The van der Waals surface area contributed by atoms with Crippen LogP contribution in [0, 0.1) is 0 Å². The van der Waals surface area contributed by atoms with E-state index in [9.17, 15) is 0 Å². The van der Waals surface area contributed by atoms with E-state index in [1.807, 2.05) is 0 Å². The van der Waals surface area contributed by atoms with E-state index in [1.165, 1.54) is 117 Å². The molecule has 0 bridgehead atoms. The van der Waals surface area contributed by atoms with Crippen LogP contribution in [0.25, 0.3) is 54.9 Å². The van der Waals surface area contributed by atoms with Gasteiger partial charge in [-0.3, -0.25) is 0 Å². The highest BCUT2D eigenvalue weighted by atomic mass is 15.1. The molecule has 3 aliphatic rings. The molecule has 364 valence electrons. The molecular weight excluding hydrogens is 891 g/mol. The van der Waals surface area contributed by atoms with Gasteiger partial charge in [0.1, 0.15) is 0 Å². The summed E-state index contributed by atoms with van der Waals surface area (Å²) in [7, 11) is 0. The van der Waals surface area contributed by atoms with Crippen molar-refractivity contribution in [3.63, 3.8) is 0 Å². The molecule has 74 heavy (non-hydrogen) atoms. The first-order valence-electron chi connectivity index (χ1n) is 27.2. The van der Waals surface area contributed by atoms with Gasteiger partial charge >= 0.3 is 0 Å². The van der Waals surface area contributed by atoms with Crippen LogP contribution in [-0.4, -0.2) is 0 Å². The zero-order chi connectivity index (χ0) is 50.8. The molecule has 0 heterocycles. The van der Waals surface area contributed by atoms with Crippen LogP contribution in [0.2, 0.25) is 0 Å². The fraction of sp³-hybridized carbons (Fsp3) is 0.233. The molecule has 0 unspecified atom stereocenters. The molecule has 13 rings (SSSR count). The highest BCUT2D eigenvalue weighted by Gasteiger charge is 2.48. The van der Waals surface area contributed by atoms with Gasteiger partial charge in [0.05, 0.1) is 11.1 Å². The van der Waals surface area contributed by atoms with Crippen LogP contribution >= 0.6 is 0 Å².